The standard InChI is InChI=1S/C31H43BN4O7/c1-19-14-16-41-32(40)26(19)35-27(37)24-17-22(42-28-23-12-8-5-9-20(23)13-15-33-28)18-36(24)29(38)25(31(2,3)4)34-30(39)43-21-10-6-7-11-21/h5,8-9,12-13,15,19,21-22,24-26,40H,6-7,10-11,14,16-18H2,1-4H3,(H,34,39)(H,35,37)/t19-,22+,24-,25+,26-/m0/s1. The Morgan fingerprint density at radius 2 is 1.86 bits per heavy atom. The molecule has 3 N–H and O–H groups in total. The first-order chi connectivity index (χ1) is 20.5. The molecule has 12 heteroatoms. The van der Waals surface area contributed by atoms with Crippen molar-refractivity contribution >= 4 is 35.8 Å². The molecular weight excluding hydrogens is 551 g/mol. The van der Waals surface area contributed by atoms with Gasteiger partial charge in [-0.15, -0.1) is 0 Å². The molecule has 5 rings (SSSR count). The zero-order chi connectivity index (χ0) is 30.7. The molecule has 2 aromatic rings. The van der Waals surface area contributed by atoms with Gasteiger partial charge in [-0.25, -0.2) is 9.78 Å². The third kappa shape index (κ3) is 7.23. The highest BCUT2D eigenvalue weighted by atomic mass is 16.6. The van der Waals surface area contributed by atoms with Crippen molar-refractivity contribution in [2.45, 2.75) is 96.5 Å². The average molecular weight is 595 g/mol. The summed E-state index contributed by atoms with van der Waals surface area (Å²) < 4.78 is 17.3. The summed E-state index contributed by atoms with van der Waals surface area (Å²) in [6.07, 6.45) is 4.89. The molecule has 11 nitrogen and oxygen atoms in total. The van der Waals surface area contributed by atoms with Gasteiger partial charge in [0.15, 0.2) is 0 Å². The number of rotatable bonds is 7. The highest BCUT2D eigenvalue weighted by Crippen LogP contribution is 2.31. The number of ether oxygens (including phenoxy) is 2. The third-order valence-electron chi connectivity index (χ3n) is 8.81. The van der Waals surface area contributed by atoms with E-state index in [0.717, 1.165) is 36.5 Å². The second-order valence-electron chi connectivity index (χ2n) is 13.1. The number of pyridine rings is 1. The number of nitrogens with one attached hydrogen (secondary N) is 2. The Morgan fingerprint density at radius 1 is 1.12 bits per heavy atom. The van der Waals surface area contributed by atoms with Crippen molar-refractivity contribution in [3.63, 3.8) is 0 Å². The van der Waals surface area contributed by atoms with Crippen LogP contribution in [0.3, 0.4) is 0 Å². The van der Waals surface area contributed by atoms with Gasteiger partial charge in [0.2, 0.25) is 17.7 Å². The Balaban J connectivity index is 1.38. The predicted octanol–water partition coefficient (Wildman–Crippen LogP) is 3.23. The van der Waals surface area contributed by atoms with E-state index in [1.54, 1.807) is 6.20 Å². The predicted molar refractivity (Wildman–Crippen MR) is 161 cm³/mol. The van der Waals surface area contributed by atoms with Gasteiger partial charge in [-0.1, -0.05) is 45.9 Å². The Kier molecular flexibility index (Phi) is 9.46. The zero-order valence-corrected chi connectivity index (χ0v) is 25.5. The normalized spacial score (nSPS) is 25.4. The van der Waals surface area contributed by atoms with Crippen molar-refractivity contribution in [3.05, 3.63) is 36.5 Å². The van der Waals surface area contributed by atoms with Crippen LogP contribution in [0, 0.1) is 11.3 Å². The number of hydrogen-bond acceptors (Lipinski definition) is 8. The lowest BCUT2D eigenvalue weighted by molar-refractivity contribution is -0.142. The third-order valence-corrected chi connectivity index (χ3v) is 8.81. The summed E-state index contributed by atoms with van der Waals surface area (Å²) in [4.78, 5) is 46.9. The summed E-state index contributed by atoms with van der Waals surface area (Å²) in [6.45, 7) is 8.06. The molecule has 1 aliphatic carbocycles. The molecular formula is C31H43BN4O7. The van der Waals surface area contributed by atoms with E-state index in [1.807, 2.05) is 58.0 Å². The number of likely N-dealkylation sites (tertiary alicyclic amines) is 1. The van der Waals surface area contributed by atoms with E-state index in [-0.39, 0.29) is 25.0 Å². The molecule has 1 saturated carbocycles. The SMILES string of the molecule is C[C@H]1CCOB(O)[C@H]1NC(=O)[C@@H]1C[C@@H](Oc2nccc3ccccc23)CN1C(=O)[C@@H](NC(=O)OC1CCCC1)C(C)(C)C. The fourth-order valence-electron chi connectivity index (χ4n) is 6.26. The van der Waals surface area contributed by atoms with Gasteiger partial charge in [0, 0.05) is 24.6 Å². The number of carbonyl (C=O) groups is 3. The highest BCUT2D eigenvalue weighted by Gasteiger charge is 2.47. The quantitative estimate of drug-likeness (QED) is 0.416. The van der Waals surface area contributed by atoms with Crippen LogP contribution in [-0.4, -0.2) is 83.3 Å². The minimum Gasteiger partial charge on any atom is -0.472 e. The first kappa shape index (κ1) is 31.1. The molecule has 0 bridgehead atoms. The number of amides is 3. The van der Waals surface area contributed by atoms with Crippen LogP contribution in [-0.2, 0) is 19.0 Å². The van der Waals surface area contributed by atoms with Crippen LogP contribution in [0.25, 0.3) is 10.8 Å². The van der Waals surface area contributed by atoms with Crippen LogP contribution in [0.5, 0.6) is 5.88 Å². The molecule has 43 heavy (non-hydrogen) atoms. The lowest BCUT2D eigenvalue weighted by atomic mass is 9.68. The summed E-state index contributed by atoms with van der Waals surface area (Å²) in [5, 5.41) is 18.0. The van der Waals surface area contributed by atoms with Gasteiger partial charge in [-0.3, -0.25) is 9.59 Å². The number of carbonyl (C=O) groups excluding carboxylic acids is 3. The van der Waals surface area contributed by atoms with Crippen LogP contribution in [0.4, 0.5) is 4.79 Å². The highest BCUT2D eigenvalue weighted by molar-refractivity contribution is 6.45. The Hall–Kier alpha value is -3.38. The summed E-state index contributed by atoms with van der Waals surface area (Å²) in [5.41, 5.74) is -0.676. The Morgan fingerprint density at radius 3 is 2.58 bits per heavy atom. The summed E-state index contributed by atoms with van der Waals surface area (Å²) in [7, 11) is -1.14. The Labute approximate surface area is 253 Å². The molecule has 0 radical (unpaired) electrons. The number of hydrogen-bond donors (Lipinski definition) is 3. The largest absolute Gasteiger partial charge is 0.478 e. The van der Waals surface area contributed by atoms with Crippen molar-refractivity contribution in [1.29, 1.82) is 0 Å². The number of alkyl carbamates (subject to hydrolysis) is 1. The van der Waals surface area contributed by atoms with Crippen LogP contribution in [0.2, 0.25) is 0 Å². The maximum atomic E-state index is 14.2. The van der Waals surface area contributed by atoms with Crippen LogP contribution in [0.15, 0.2) is 36.5 Å². The van der Waals surface area contributed by atoms with Crippen molar-refractivity contribution in [3.8, 4) is 5.88 Å². The van der Waals surface area contributed by atoms with E-state index >= 15 is 0 Å². The van der Waals surface area contributed by atoms with E-state index in [1.165, 1.54) is 4.90 Å². The molecule has 0 unspecified atom stereocenters. The van der Waals surface area contributed by atoms with E-state index in [4.69, 9.17) is 14.1 Å². The van der Waals surface area contributed by atoms with E-state index < -0.39 is 54.6 Å². The number of nitrogens with zero attached hydrogens (tertiary/aromatic N) is 2. The van der Waals surface area contributed by atoms with E-state index in [0.29, 0.717) is 18.9 Å². The molecule has 2 aliphatic heterocycles. The van der Waals surface area contributed by atoms with E-state index in [2.05, 4.69) is 15.6 Å². The van der Waals surface area contributed by atoms with Gasteiger partial charge < -0.3 is 34.7 Å². The fourth-order valence-corrected chi connectivity index (χ4v) is 6.26. The maximum absolute atomic E-state index is 14.2. The molecule has 3 fully saturated rings. The molecule has 3 aliphatic rings. The van der Waals surface area contributed by atoms with Gasteiger partial charge in [0.1, 0.15) is 24.3 Å². The van der Waals surface area contributed by atoms with Gasteiger partial charge in [0.05, 0.1) is 12.5 Å². The van der Waals surface area contributed by atoms with Gasteiger partial charge in [-0.2, -0.15) is 0 Å². The molecule has 232 valence electrons. The Bertz CT molecular complexity index is 1300. The molecule has 3 heterocycles. The maximum Gasteiger partial charge on any atom is 0.478 e. The topological polar surface area (TPSA) is 139 Å². The van der Waals surface area contributed by atoms with Crippen LogP contribution < -0.4 is 15.4 Å². The minimum absolute atomic E-state index is 0.0143. The summed E-state index contributed by atoms with van der Waals surface area (Å²) in [5.74, 6) is -1.02. The zero-order valence-electron chi connectivity index (χ0n) is 25.5. The molecule has 0 spiro atoms. The number of aromatic nitrogens is 1. The molecule has 1 aromatic carbocycles. The van der Waals surface area contributed by atoms with Gasteiger partial charge in [-0.05, 0) is 61.0 Å². The minimum atomic E-state index is -1.14. The second kappa shape index (κ2) is 13.1. The first-order valence-corrected chi connectivity index (χ1v) is 15.4. The smallest absolute Gasteiger partial charge is 0.472 e. The molecule has 2 saturated heterocycles. The van der Waals surface area contributed by atoms with Gasteiger partial charge in [0.25, 0.3) is 0 Å². The first-order valence-electron chi connectivity index (χ1n) is 15.4. The van der Waals surface area contributed by atoms with Crippen LogP contribution >= 0.6 is 0 Å². The van der Waals surface area contributed by atoms with Crippen molar-refractivity contribution in [1.82, 2.24) is 20.5 Å². The summed E-state index contributed by atoms with van der Waals surface area (Å²) >= 11 is 0. The molecule has 5 atom stereocenters. The lowest BCUT2D eigenvalue weighted by Gasteiger charge is -2.36. The van der Waals surface area contributed by atoms with Gasteiger partial charge >= 0.3 is 13.2 Å². The van der Waals surface area contributed by atoms with Crippen LogP contribution in [0.1, 0.15) is 66.2 Å². The average Bonchev–Trinajstić information content (AvgIpc) is 3.63. The molecule has 3 amide bonds. The van der Waals surface area contributed by atoms with Crippen molar-refractivity contribution in [2.24, 2.45) is 11.3 Å². The fraction of sp³-hybridized carbons (Fsp3) is 0.613. The second-order valence-corrected chi connectivity index (χ2v) is 13.1. The summed E-state index contributed by atoms with van der Waals surface area (Å²) in [6, 6.07) is 7.77. The number of benzene rings is 1. The molecule has 1 aromatic heterocycles. The monoisotopic (exact) mass is 594 g/mol. The lowest BCUT2D eigenvalue weighted by Crippen LogP contribution is -2.61. The van der Waals surface area contributed by atoms with E-state index in [9.17, 15) is 19.4 Å². The van der Waals surface area contributed by atoms with Crippen molar-refractivity contribution < 1.29 is 33.5 Å². The number of fused-ring (bicyclic) bond motifs is 1. The van der Waals surface area contributed by atoms with Crippen molar-refractivity contribution in [2.75, 3.05) is 13.2 Å².